The molecule has 2 N–H and O–H groups in total. The Morgan fingerprint density at radius 1 is 0.484 bits per heavy atom. The molecular weight excluding hydrogens is 817 g/mol. The van der Waals surface area contributed by atoms with E-state index in [1.54, 1.807) is 42.5 Å². The average molecular weight is 861 g/mol. The second-order valence-electron chi connectivity index (χ2n) is 12.3. The van der Waals surface area contributed by atoms with Crippen molar-refractivity contribution < 1.29 is 57.0 Å². The molecule has 0 aromatic heterocycles. The van der Waals surface area contributed by atoms with Gasteiger partial charge in [0.2, 0.25) is 5.12 Å². The first kappa shape index (κ1) is 47.0. The van der Waals surface area contributed by atoms with Crippen LogP contribution in [0.2, 0.25) is 0 Å². The summed E-state index contributed by atoms with van der Waals surface area (Å²) < 4.78 is 50.4. The van der Waals surface area contributed by atoms with Crippen molar-refractivity contribution in [3.63, 3.8) is 0 Å². The Bertz CT molecular complexity index is 2150. The summed E-state index contributed by atoms with van der Waals surface area (Å²) in [7, 11) is 4.55. The Morgan fingerprint density at radius 3 is 1.18 bits per heavy atom. The molecule has 14 nitrogen and oxygen atoms in total. The highest BCUT2D eigenvalue weighted by Gasteiger charge is 2.18. The molecular formula is C47H44N2O12S. The van der Waals surface area contributed by atoms with Gasteiger partial charge < -0.3 is 53.3 Å². The van der Waals surface area contributed by atoms with Gasteiger partial charge in [0.15, 0.2) is 0 Å². The van der Waals surface area contributed by atoms with Crippen LogP contribution in [0.5, 0.6) is 51.7 Å². The first-order chi connectivity index (χ1) is 30.1. The lowest BCUT2D eigenvalue weighted by molar-refractivity contribution is 0.0939. The third-order valence-electron chi connectivity index (χ3n) is 8.17. The molecule has 0 spiro atoms. The molecule has 62 heavy (non-hydrogen) atoms. The van der Waals surface area contributed by atoms with Crippen LogP contribution >= 0.6 is 11.8 Å². The number of hydrogen-bond donors (Lipinski definition) is 2. The topological polar surface area (TPSA) is 158 Å². The molecule has 0 aliphatic carbocycles. The fraction of sp³-hybridized carbons (Fsp3) is 0.255. The number of amides is 2. The number of thioether (sulfide) groups is 1. The van der Waals surface area contributed by atoms with E-state index >= 15 is 0 Å². The van der Waals surface area contributed by atoms with Crippen LogP contribution in [0.1, 0.15) is 36.6 Å². The summed E-state index contributed by atoms with van der Waals surface area (Å²) in [5.41, 5.74) is 1.39. The molecule has 0 bridgehead atoms. The van der Waals surface area contributed by atoms with Gasteiger partial charge in [0.1, 0.15) is 91.4 Å². The number of carbonyl (C=O) groups excluding carboxylic acids is 3. The number of carbonyl (C=O) groups is 3. The fourth-order valence-corrected chi connectivity index (χ4v) is 6.25. The highest BCUT2D eigenvalue weighted by molar-refractivity contribution is 8.13. The van der Waals surface area contributed by atoms with Gasteiger partial charge in [-0.25, -0.2) is 0 Å². The van der Waals surface area contributed by atoms with Crippen LogP contribution in [-0.4, -0.2) is 91.0 Å². The molecule has 0 atom stereocenters. The summed E-state index contributed by atoms with van der Waals surface area (Å²) in [6.45, 7) is 0.121. The summed E-state index contributed by atoms with van der Waals surface area (Å²) in [5, 5.41) is 5.26. The van der Waals surface area contributed by atoms with Crippen molar-refractivity contribution in [2.45, 2.75) is 5.75 Å². The zero-order valence-electron chi connectivity index (χ0n) is 34.3. The molecule has 0 heterocycles. The van der Waals surface area contributed by atoms with Crippen LogP contribution in [-0.2, 0) is 5.75 Å². The number of ether oxygens (including phenoxy) is 9. The minimum atomic E-state index is -0.441. The van der Waals surface area contributed by atoms with Gasteiger partial charge in [-0.15, -0.1) is 25.7 Å². The van der Waals surface area contributed by atoms with Gasteiger partial charge in [0.05, 0.1) is 34.4 Å². The van der Waals surface area contributed by atoms with Crippen molar-refractivity contribution in [1.29, 1.82) is 0 Å². The molecule has 2 amide bonds. The van der Waals surface area contributed by atoms with Crippen LogP contribution in [0.15, 0.2) is 66.7 Å². The molecule has 0 aliphatic heterocycles. The quantitative estimate of drug-likeness (QED) is 0.0678. The number of terminal acetylenes is 4. The standard InChI is InChI=1S/C47H44N2O12S/c1-8-14-56-36-20-32(21-37(26-36)57-15-9-2)45(50)48-12-18-60-40-24-34(47(52)62-31-42-43(54-6)29-35(53-5)30-44(42)55-7)25-41(28-40)61-19-13-49-46(51)33-22-38(58-16-10-3)27-39(23-33)59-17-11-4/h1-4,20-30H,12-19,31H2,5-7H3,(H,48,50)(H,49,51). The normalized spacial score (nSPS) is 9.98. The van der Waals surface area contributed by atoms with Crippen molar-refractivity contribution in [3.05, 3.63) is 89.0 Å². The Balaban J connectivity index is 1.48. The van der Waals surface area contributed by atoms with E-state index in [0.717, 1.165) is 11.8 Å². The van der Waals surface area contributed by atoms with E-state index in [-0.39, 0.29) is 91.8 Å². The van der Waals surface area contributed by atoms with Crippen LogP contribution in [0, 0.1) is 49.4 Å². The predicted molar refractivity (Wildman–Crippen MR) is 234 cm³/mol. The number of nitrogens with one attached hydrogen (secondary N) is 2. The maximum absolute atomic E-state index is 13.7. The van der Waals surface area contributed by atoms with Crippen LogP contribution in [0.4, 0.5) is 0 Å². The van der Waals surface area contributed by atoms with E-state index < -0.39 is 11.8 Å². The zero-order chi connectivity index (χ0) is 44.7. The molecule has 320 valence electrons. The van der Waals surface area contributed by atoms with Crippen LogP contribution < -0.4 is 53.3 Å². The number of hydrogen-bond acceptors (Lipinski definition) is 13. The third-order valence-corrected chi connectivity index (χ3v) is 9.10. The third kappa shape index (κ3) is 14.5. The van der Waals surface area contributed by atoms with E-state index in [2.05, 4.69) is 34.3 Å². The first-order valence-corrected chi connectivity index (χ1v) is 19.6. The summed E-state index contributed by atoms with van der Waals surface area (Å²) in [4.78, 5) is 40.0. The van der Waals surface area contributed by atoms with Crippen molar-refractivity contribution in [2.75, 3.05) is 74.1 Å². The molecule has 4 aromatic carbocycles. The number of benzene rings is 4. The van der Waals surface area contributed by atoms with Crippen LogP contribution in [0.3, 0.4) is 0 Å². The average Bonchev–Trinajstić information content (AvgIpc) is 3.29. The number of methoxy groups -OCH3 is 3. The molecule has 0 saturated carbocycles. The van der Waals surface area contributed by atoms with Crippen molar-refractivity contribution in [2.24, 2.45) is 0 Å². The molecule has 0 radical (unpaired) electrons. The maximum Gasteiger partial charge on any atom is 0.251 e. The van der Waals surface area contributed by atoms with Crippen LogP contribution in [0.25, 0.3) is 0 Å². The predicted octanol–water partition coefficient (Wildman–Crippen LogP) is 5.45. The largest absolute Gasteiger partial charge is 0.496 e. The van der Waals surface area contributed by atoms with Gasteiger partial charge in [-0.3, -0.25) is 14.4 Å². The second kappa shape index (κ2) is 25.0. The highest BCUT2D eigenvalue weighted by Crippen LogP contribution is 2.38. The molecule has 0 aliphatic rings. The lowest BCUT2D eigenvalue weighted by Crippen LogP contribution is -2.28. The second-order valence-corrected chi connectivity index (χ2v) is 13.3. The summed E-state index contributed by atoms with van der Waals surface area (Å²) in [5.74, 6) is 12.2. The van der Waals surface area contributed by atoms with Gasteiger partial charge in [0, 0.05) is 58.3 Å². The monoisotopic (exact) mass is 860 g/mol. The Labute approximate surface area is 365 Å². The van der Waals surface area contributed by atoms with E-state index in [4.69, 9.17) is 68.3 Å². The molecule has 0 fully saturated rings. The van der Waals surface area contributed by atoms with Crippen molar-refractivity contribution in [3.8, 4) is 101 Å². The van der Waals surface area contributed by atoms with E-state index in [1.807, 2.05) is 0 Å². The van der Waals surface area contributed by atoms with Gasteiger partial charge >= 0.3 is 0 Å². The van der Waals surface area contributed by atoms with Crippen molar-refractivity contribution in [1.82, 2.24) is 10.6 Å². The molecule has 4 aromatic rings. The summed E-state index contributed by atoms with van der Waals surface area (Å²) >= 11 is 1.01. The van der Waals surface area contributed by atoms with Crippen molar-refractivity contribution >= 4 is 28.7 Å². The summed E-state index contributed by atoms with van der Waals surface area (Å²) in [6.07, 6.45) is 21.3. The molecule has 4 rings (SSSR count). The van der Waals surface area contributed by atoms with E-state index in [1.165, 1.54) is 45.6 Å². The zero-order valence-corrected chi connectivity index (χ0v) is 35.1. The Kier molecular flexibility index (Phi) is 19.0. The molecule has 0 unspecified atom stereocenters. The highest BCUT2D eigenvalue weighted by atomic mass is 32.2. The SMILES string of the molecule is C#CCOc1cc(OCC#C)cc(C(=O)NCCOc2cc(OCCNC(=O)c3cc(OCC#C)cc(OCC#C)c3)cc(C(=O)SCc3c(OC)cc(OC)cc3OC)c2)c1. The minimum absolute atomic E-state index is 0.0111. The van der Waals surface area contributed by atoms with Gasteiger partial charge in [0.25, 0.3) is 11.8 Å². The Hall–Kier alpha value is -7.72. The summed E-state index contributed by atoms with van der Waals surface area (Å²) in [6, 6.07) is 17.3. The van der Waals surface area contributed by atoms with Gasteiger partial charge in [-0.1, -0.05) is 35.4 Å². The lowest BCUT2D eigenvalue weighted by Gasteiger charge is -2.15. The van der Waals surface area contributed by atoms with Gasteiger partial charge in [-0.05, 0) is 36.4 Å². The Morgan fingerprint density at radius 2 is 0.839 bits per heavy atom. The van der Waals surface area contributed by atoms with E-state index in [9.17, 15) is 14.4 Å². The van der Waals surface area contributed by atoms with Gasteiger partial charge in [-0.2, -0.15) is 0 Å². The maximum atomic E-state index is 13.7. The number of rotatable bonds is 24. The fourth-order valence-electron chi connectivity index (χ4n) is 5.41. The first-order valence-electron chi connectivity index (χ1n) is 18.6. The molecule has 15 heteroatoms. The van der Waals surface area contributed by atoms with E-state index in [0.29, 0.717) is 45.8 Å². The smallest absolute Gasteiger partial charge is 0.251 e. The molecule has 0 saturated heterocycles. The lowest BCUT2D eigenvalue weighted by atomic mass is 10.2. The minimum Gasteiger partial charge on any atom is -0.496 e.